The van der Waals surface area contributed by atoms with Crippen LogP contribution in [0.3, 0.4) is 0 Å². The Morgan fingerprint density at radius 1 is 1.17 bits per heavy atom. The van der Waals surface area contributed by atoms with Crippen molar-refractivity contribution >= 4 is 10.1 Å². The van der Waals surface area contributed by atoms with Gasteiger partial charge in [0.1, 0.15) is 5.25 Å². The van der Waals surface area contributed by atoms with Crippen LogP contribution in [0.4, 0.5) is 0 Å². The fourth-order valence-corrected chi connectivity index (χ4v) is 4.07. The van der Waals surface area contributed by atoms with Gasteiger partial charge in [-0.15, -0.1) is 0 Å². The second-order valence-electron chi connectivity index (χ2n) is 7.29. The molecule has 2 atom stereocenters. The van der Waals surface area contributed by atoms with Gasteiger partial charge in [0.25, 0.3) is 10.1 Å². The summed E-state index contributed by atoms with van der Waals surface area (Å²) < 4.78 is 30.4. The van der Waals surface area contributed by atoms with Crippen molar-refractivity contribution in [1.82, 2.24) is 0 Å². The minimum atomic E-state index is -3.82. The van der Waals surface area contributed by atoms with E-state index in [4.69, 9.17) is 9.71 Å². The molecule has 1 aromatic rings. The van der Waals surface area contributed by atoms with Crippen LogP contribution < -0.4 is 0 Å². The highest BCUT2D eigenvalue weighted by atomic mass is 32.2. The van der Waals surface area contributed by atoms with Gasteiger partial charge >= 0.3 is 0 Å². The average Bonchev–Trinajstić information content (AvgIpc) is 2.43. The third-order valence-electron chi connectivity index (χ3n) is 3.63. The highest BCUT2D eigenvalue weighted by Gasteiger charge is 2.31. The van der Waals surface area contributed by atoms with E-state index in [9.17, 15) is 8.42 Å². The van der Waals surface area contributed by atoms with Crippen molar-refractivity contribution in [2.45, 2.75) is 70.8 Å². The largest absolute Gasteiger partial charge is 0.274 e. The predicted octanol–water partition coefficient (Wildman–Crippen LogP) is 4.87. The van der Waals surface area contributed by atoms with E-state index in [0.717, 1.165) is 5.56 Å². The first-order chi connectivity index (χ1) is 11.0. The van der Waals surface area contributed by atoms with Crippen molar-refractivity contribution in [3.63, 3.8) is 0 Å². The Bertz CT molecular complexity index is 685. The summed E-state index contributed by atoms with van der Waals surface area (Å²) in [7, 11) is -3.82. The summed E-state index contributed by atoms with van der Waals surface area (Å²) in [4.78, 5) is 2.76. The molecule has 6 nitrogen and oxygen atoms in total. The first-order valence-electron chi connectivity index (χ1n) is 8.04. The summed E-state index contributed by atoms with van der Waals surface area (Å²) in [6, 6.07) is 7.05. The van der Waals surface area contributed by atoms with Gasteiger partial charge in [-0.05, 0) is 42.3 Å². The Balaban J connectivity index is 3.24. The van der Waals surface area contributed by atoms with Crippen LogP contribution >= 0.6 is 0 Å². The zero-order valence-corrected chi connectivity index (χ0v) is 16.0. The molecule has 0 heterocycles. The molecule has 1 rings (SSSR count). The van der Waals surface area contributed by atoms with Gasteiger partial charge in [0.05, 0.1) is 6.10 Å². The lowest BCUT2D eigenvalue weighted by molar-refractivity contribution is 0.243. The van der Waals surface area contributed by atoms with E-state index in [-0.39, 0.29) is 11.8 Å². The van der Waals surface area contributed by atoms with Gasteiger partial charge in [-0.2, -0.15) is 8.42 Å². The van der Waals surface area contributed by atoms with E-state index in [1.165, 1.54) is 0 Å². The molecular formula is C17H27N3O3S. The first-order valence-corrected chi connectivity index (χ1v) is 9.51. The number of benzene rings is 1. The van der Waals surface area contributed by atoms with Gasteiger partial charge in [0.2, 0.25) is 0 Å². The van der Waals surface area contributed by atoms with Gasteiger partial charge in [-0.3, -0.25) is 4.18 Å². The molecule has 0 N–H and O–H groups in total. The summed E-state index contributed by atoms with van der Waals surface area (Å²) in [5.74, 6) is 0. The minimum absolute atomic E-state index is 0.0142. The lowest BCUT2D eigenvalue weighted by Crippen LogP contribution is -2.23. The van der Waals surface area contributed by atoms with Gasteiger partial charge in [0, 0.05) is 11.0 Å². The van der Waals surface area contributed by atoms with Crippen LogP contribution in [0.5, 0.6) is 0 Å². The molecule has 0 aliphatic carbocycles. The van der Waals surface area contributed by atoms with E-state index in [1.807, 2.05) is 24.3 Å². The molecule has 0 unspecified atom stereocenters. The second-order valence-corrected chi connectivity index (χ2v) is 9.04. The molecule has 0 fully saturated rings. The van der Waals surface area contributed by atoms with E-state index in [0.29, 0.717) is 5.56 Å². The fraction of sp³-hybridized carbons (Fsp3) is 0.647. The maximum Gasteiger partial charge on any atom is 0.274 e. The maximum absolute atomic E-state index is 12.6. The zero-order chi connectivity index (χ0) is 18.5. The van der Waals surface area contributed by atoms with E-state index >= 15 is 0 Å². The molecular weight excluding hydrogens is 326 g/mol. The van der Waals surface area contributed by atoms with Crippen molar-refractivity contribution < 1.29 is 12.6 Å². The Labute approximate surface area is 145 Å². The monoisotopic (exact) mass is 353 g/mol. The molecule has 134 valence electrons. The molecule has 1 aromatic carbocycles. The van der Waals surface area contributed by atoms with Crippen molar-refractivity contribution in [1.29, 1.82) is 0 Å². The lowest BCUT2D eigenvalue weighted by Gasteiger charge is -2.23. The Morgan fingerprint density at radius 2 is 1.71 bits per heavy atom. The molecule has 0 saturated carbocycles. The van der Waals surface area contributed by atoms with Crippen LogP contribution in [0.2, 0.25) is 0 Å². The molecule has 0 aromatic heterocycles. The summed E-state index contributed by atoms with van der Waals surface area (Å²) >= 11 is 0. The SMILES string of the molecule is CC(C)OS(=O)(=O)[C@H](C[C@H](C)N=[N+]=[N-])c1ccc(C(C)(C)C)cc1. The number of hydrogen-bond donors (Lipinski definition) is 0. The van der Waals surface area contributed by atoms with Crippen LogP contribution in [0, 0.1) is 0 Å². The summed E-state index contributed by atoms with van der Waals surface area (Å²) in [5, 5.41) is 2.73. The van der Waals surface area contributed by atoms with Crippen LogP contribution in [0.15, 0.2) is 29.4 Å². The molecule has 0 bridgehead atoms. The van der Waals surface area contributed by atoms with Crippen LogP contribution in [-0.4, -0.2) is 20.6 Å². The quantitative estimate of drug-likeness (QED) is 0.303. The first kappa shape index (κ1) is 20.5. The zero-order valence-electron chi connectivity index (χ0n) is 15.2. The van der Waals surface area contributed by atoms with Gasteiger partial charge in [-0.25, -0.2) is 0 Å². The smallest absolute Gasteiger partial charge is 0.267 e. The molecule has 0 spiro atoms. The van der Waals surface area contributed by atoms with E-state index in [2.05, 4.69) is 30.8 Å². The average molecular weight is 353 g/mol. The summed E-state index contributed by atoms with van der Waals surface area (Å²) in [5.41, 5.74) is 10.3. The number of azide groups is 1. The predicted molar refractivity (Wildman–Crippen MR) is 96.2 cm³/mol. The third kappa shape index (κ3) is 5.82. The van der Waals surface area contributed by atoms with E-state index in [1.54, 1.807) is 20.8 Å². The molecule has 0 amide bonds. The number of hydrogen-bond acceptors (Lipinski definition) is 4. The van der Waals surface area contributed by atoms with E-state index < -0.39 is 27.5 Å². The Kier molecular flexibility index (Phi) is 6.84. The molecule has 7 heteroatoms. The van der Waals surface area contributed by atoms with Gasteiger partial charge < -0.3 is 0 Å². The van der Waals surface area contributed by atoms with Crippen molar-refractivity contribution in [3.05, 3.63) is 45.8 Å². The molecule has 0 aliphatic heterocycles. The van der Waals surface area contributed by atoms with Gasteiger partial charge in [0.15, 0.2) is 0 Å². The maximum atomic E-state index is 12.6. The highest BCUT2D eigenvalue weighted by molar-refractivity contribution is 7.87. The topological polar surface area (TPSA) is 92.1 Å². The summed E-state index contributed by atoms with van der Waals surface area (Å²) in [6.07, 6.45) is -0.269. The molecule has 0 saturated heterocycles. The fourth-order valence-electron chi connectivity index (χ4n) is 2.40. The van der Waals surface area contributed by atoms with Crippen LogP contribution in [-0.2, 0) is 19.7 Å². The normalized spacial score (nSPS) is 15.0. The molecule has 0 radical (unpaired) electrons. The van der Waals surface area contributed by atoms with Gasteiger partial charge in [-0.1, -0.05) is 57.1 Å². The minimum Gasteiger partial charge on any atom is -0.267 e. The van der Waals surface area contributed by atoms with Crippen molar-refractivity contribution in [2.75, 3.05) is 0 Å². The van der Waals surface area contributed by atoms with Crippen LogP contribution in [0.25, 0.3) is 10.4 Å². The summed E-state index contributed by atoms with van der Waals surface area (Å²) in [6.45, 7) is 11.3. The Morgan fingerprint density at radius 3 is 2.12 bits per heavy atom. The molecule has 0 aliphatic rings. The number of rotatable bonds is 7. The lowest BCUT2D eigenvalue weighted by atomic mass is 9.86. The standard InChI is InChI=1S/C17H27N3O3S/c1-12(2)23-24(21,22)16(11-13(3)19-20-18)14-7-9-15(10-8-14)17(4,5)6/h7-10,12-13,16H,11H2,1-6H3/t13-,16+/m0/s1. The van der Waals surface area contributed by atoms with Crippen molar-refractivity contribution in [2.24, 2.45) is 5.11 Å². The molecule has 24 heavy (non-hydrogen) atoms. The number of nitrogens with zero attached hydrogens (tertiary/aromatic N) is 3. The second kappa shape index (κ2) is 8.01. The third-order valence-corrected chi connectivity index (χ3v) is 5.44. The highest BCUT2D eigenvalue weighted by Crippen LogP contribution is 2.32. The van der Waals surface area contributed by atoms with Crippen LogP contribution in [0.1, 0.15) is 64.3 Å². The Hall–Kier alpha value is -1.56. The van der Waals surface area contributed by atoms with Crippen molar-refractivity contribution in [3.8, 4) is 0 Å².